The van der Waals surface area contributed by atoms with Crippen molar-refractivity contribution in [3.63, 3.8) is 0 Å². The Labute approximate surface area is 95.0 Å². The van der Waals surface area contributed by atoms with Gasteiger partial charge in [0, 0.05) is 11.4 Å². The van der Waals surface area contributed by atoms with E-state index in [2.05, 4.69) is 0 Å². The lowest BCUT2D eigenvalue weighted by Crippen LogP contribution is -2.09. The molecule has 0 saturated heterocycles. The summed E-state index contributed by atoms with van der Waals surface area (Å²) >= 11 is 1.53. The Bertz CT molecular complexity index is 441. The number of nitrogens with two attached hydrogens (primary N) is 1. The first-order valence-electron chi connectivity index (χ1n) is 4.55. The Balaban J connectivity index is 3.00. The van der Waals surface area contributed by atoms with E-state index in [1.54, 1.807) is 18.2 Å². The van der Waals surface area contributed by atoms with E-state index in [0.29, 0.717) is 16.3 Å². The molecule has 0 radical (unpaired) electrons. The lowest BCUT2D eigenvalue weighted by Gasteiger charge is -2.06. The van der Waals surface area contributed by atoms with Gasteiger partial charge in [-0.15, -0.1) is 0 Å². The van der Waals surface area contributed by atoms with Crippen LogP contribution in [0.5, 0.6) is 0 Å². The molecule has 0 bridgehead atoms. The molecule has 3 nitrogen and oxygen atoms in total. The van der Waals surface area contributed by atoms with Crippen LogP contribution in [0.2, 0.25) is 0 Å². The van der Waals surface area contributed by atoms with E-state index in [-0.39, 0.29) is 5.75 Å². The molecule has 2 N–H and O–H groups in total. The highest BCUT2D eigenvalue weighted by Gasteiger charge is 2.14. The Morgan fingerprint density at radius 2 is 2.07 bits per heavy atom. The molecule has 0 heterocycles. The van der Waals surface area contributed by atoms with Crippen LogP contribution in [0.25, 0.3) is 0 Å². The number of sulfone groups is 1. The van der Waals surface area contributed by atoms with Crippen LogP contribution < -0.4 is 5.73 Å². The van der Waals surface area contributed by atoms with Crippen molar-refractivity contribution in [3.8, 4) is 0 Å². The molecule has 0 fully saturated rings. The first-order chi connectivity index (χ1) is 6.97. The summed E-state index contributed by atoms with van der Waals surface area (Å²) in [5.74, 6) is 0.795. The van der Waals surface area contributed by atoms with Gasteiger partial charge in [-0.05, 0) is 36.9 Å². The molecule has 0 aliphatic heterocycles. The maximum absolute atomic E-state index is 11.8. The third-order valence-corrected chi connectivity index (χ3v) is 4.74. The molecule has 0 unspecified atom stereocenters. The molecule has 0 spiro atoms. The maximum atomic E-state index is 11.8. The summed E-state index contributed by atoms with van der Waals surface area (Å²) in [6.45, 7) is 1.81. The van der Waals surface area contributed by atoms with Crippen LogP contribution in [-0.4, -0.2) is 26.2 Å². The van der Waals surface area contributed by atoms with Crippen LogP contribution in [0.1, 0.15) is 5.56 Å². The SMILES string of the molecule is CSCCS(=O)(=O)c1ccc(N)c(C)c1. The summed E-state index contributed by atoms with van der Waals surface area (Å²) < 4.78 is 23.6. The van der Waals surface area contributed by atoms with E-state index < -0.39 is 9.84 Å². The van der Waals surface area contributed by atoms with E-state index in [0.717, 1.165) is 5.56 Å². The Hall–Kier alpha value is -0.680. The fourth-order valence-electron chi connectivity index (χ4n) is 1.15. The molecule has 0 aromatic heterocycles. The summed E-state index contributed by atoms with van der Waals surface area (Å²) in [7, 11) is -3.14. The van der Waals surface area contributed by atoms with Gasteiger partial charge in [-0.25, -0.2) is 8.42 Å². The van der Waals surface area contributed by atoms with Crippen molar-refractivity contribution in [1.29, 1.82) is 0 Å². The van der Waals surface area contributed by atoms with Crippen molar-refractivity contribution in [1.82, 2.24) is 0 Å². The van der Waals surface area contributed by atoms with Crippen LogP contribution in [0.3, 0.4) is 0 Å². The Morgan fingerprint density at radius 3 is 2.60 bits per heavy atom. The summed E-state index contributed by atoms with van der Waals surface area (Å²) in [6.07, 6.45) is 1.89. The van der Waals surface area contributed by atoms with Gasteiger partial charge in [-0.1, -0.05) is 0 Å². The van der Waals surface area contributed by atoms with Crippen molar-refractivity contribution < 1.29 is 8.42 Å². The van der Waals surface area contributed by atoms with Gasteiger partial charge in [-0.3, -0.25) is 0 Å². The van der Waals surface area contributed by atoms with Crippen molar-refractivity contribution in [2.75, 3.05) is 23.5 Å². The normalized spacial score (nSPS) is 11.6. The average Bonchev–Trinajstić information content (AvgIpc) is 2.19. The Kier molecular flexibility index (Phi) is 4.04. The monoisotopic (exact) mass is 245 g/mol. The molecular formula is C10H15NO2S2. The second-order valence-corrected chi connectivity index (χ2v) is 6.42. The van der Waals surface area contributed by atoms with Gasteiger partial charge in [0.05, 0.1) is 10.6 Å². The zero-order chi connectivity index (χ0) is 11.5. The highest BCUT2D eigenvalue weighted by atomic mass is 32.2. The Morgan fingerprint density at radius 1 is 1.40 bits per heavy atom. The first-order valence-corrected chi connectivity index (χ1v) is 7.60. The lowest BCUT2D eigenvalue weighted by atomic mass is 10.2. The van der Waals surface area contributed by atoms with Gasteiger partial charge in [0.15, 0.2) is 9.84 Å². The maximum Gasteiger partial charge on any atom is 0.179 e. The third-order valence-electron chi connectivity index (χ3n) is 2.16. The summed E-state index contributed by atoms with van der Waals surface area (Å²) in [5.41, 5.74) is 7.06. The van der Waals surface area contributed by atoms with E-state index in [1.807, 2.05) is 13.2 Å². The predicted octanol–water partition coefficient (Wildman–Crippen LogP) is 1.71. The fraction of sp³-hybridized carbons (Fsp3) is 0.400. The average molecular weight is 245 g/mol. The van der Waals surface area contributed by atoms with E-state index in [4.69, 9.17) is 5.73 Å². The van der Waals surface area contributed by atoms with E-state index >= 15 is 0 Å². The minimum atomic E-state index is -3.14. The van der Waals surface area contributed by atoms with Crippen molar-refractivity contribution >= 4 is 27.3 Å². The number of anilines is 1. The second-order valence-electron chi connectivity index (χ2n) is 3.33. The molecule has 5 heteroatoms. The molecule has 0 amide bonds. The van der Waals surface area contributed by atoms with Gasteiger partial charge in [0.2, 0.25) is 0 Å². The first kappa shape index (κ1) is 12.4. The van der Waals surface area contributed by atoms with Gasteiger partial charge in [0.25, 0.3) is 0 Å². The van der Waals surface area contributed by atoms with Gasteiger partial charge in [0.1, 0.15) is 0 Å². The number of benzene rings is 1. The molecule has 1 rings (SSSR count). The molecule has 1 aromatic carbocycles. The van der Waals surface area contributed by atoms with E-state index in [1.165, 1.54) is 11.8 Å². The molecule has 1 aromatic rings. The number of hydrogen-bond donors (Lipinski definition) is 1. The van der Waals surface area contributed by atoms with Crippen molar-refractivity contribution in [2.24, 2.45) is 0 Å². The third kappa shape index (κ3) is 3.14. The van der Waals surface area contributed by atoms with E-state index in [9.17, 15) is 8.42 Å². The van der Waals surface area contributed by atoms with Crippen LogP contribution in [-0.2, 0) is 9.84 Å². The molecule has 15 heavy (non-hydrogen) atoms. The van der Waals surface area contributed by atoms with Crippen molar-refractivity contribution in [3.05, 3.63) is 23.8 Å². The van der Waals surface area contributed by atoms with Crippen LogP contribution in [0.4, 0.5) is 5.69 Å². The predicted molar refractivity (Wildman–Crippen MR) is 66.0 cm³/mol. The number of hydrogen-bond acceptors (Lipinski definition) is 4. The van der Waals surface area contributed by atoms with Gasteiger partial charge < -0.3 is 5.73 Å². The summed E-state index contributed by atoms with van der Waals surface area (Å²) in [4.78, 5) is 0.364. The van der Waals surface area contributed by atoms with Gasteiger partial charge in [-0.2, -0.15) is 11.8 Å². The quantitative estimate of drug-likeness (QED) is 0.820. The molecule has 0 aliphatic carbocycles. The fourth-order valence-corrected chi connectivity index (χ4v) is 3.56. The smallest absolute Gasteiger partial charge is 0.179 e. The molecular weight excluding hydrogens is 230 g/mol. The minimum Gasteiger partial charge on any atom is -0.399 e. The highest BCUT2D eigenvalue weighted by Crippen LogP contribution is 2.18. The topological polar surface area (TPSA) is 60.2 Å². The van der Waals surface area contributed by atoms with Crippen LogP contribution >= 0.6 is 11.8 Å². The van der Waals surface area contributed by atoms with Gasteiger partial charge >= 0.3 is 0 Å². The molecule has 0 atom stereocenters. The number of nitrogen functional groups attached to an aromatic ring is 1. The largest absolute Gasteiger partial charge is 0.399 e. The zero-order valence-corrected chi connectivity index (χ0v) is 10.5. The molecule has 0 aliphatic rings. The summed E-state index contributed by atoms with van der Waals surface area (Å²) in [6, 6.07) is 4.84. The number of rotatable bonds is 4. The molecule has 0 saturated carbocycles. The number of thioether (sulfide) groups is 1. The highest BCUT2D eigenvalue weighted by molar-refractivity contribution is 8.00. The lowest BCUT2D eigenvalue weighted by molar-refractivity contribution is 0.597. The summed E-state index contributed by atoms with van der Waals surface area (Å²) in [5, 5.41) is 0. The second kappa shape index (κ2) is 4.90. The molecule has 84 valence electrons. The van der Waals surface area contributed by atoms with Crippen molar-refractivity contribution in [2.45, 2.75) is 11.8 Å². The van der Waals surface area contributed by atoms with Crippen LogP contribution in [0.15, 0.2) is 23.1 Å². The minimum absolute atomic E-state index is 0.178. The number of aryl methyl sites for hydroxylation is 1. The van der Waals surface area contributed by atoms with Crippen LogP contribution in [0, 0.1) is 6.92 Å². The zero-order valence-electron chi connectivity index (χ0n) is 8.86. The standard InChI is InChI=1S/C10H15NO2S2/c1-8-7-9(3-4-10(8)11)15(12,13)6-5-14-2/h3-4,7H,5-6,11H2,1-2H3.